The molecule has 0 aliphatic heterocycles. The summed E-state index contributed by atoms with van der Waals surface area (Å²) in [6.45, 7) is 1.20. The van der Waals surface area contributed by atoms with Gasteiger partial charge in [0.25, 0.3) is 15.7 Å². The van der Waals surface area contributed by atoms with Gasteiger partial charge < -0.3 is 5.11 Å². The molecule has 0 bridgehead atoms. The molecule has 126 valence electrons. The van der Waals surface area contributed by atoms with E-state index in [1.54, 1.807) is 18.2 Å². The lowest BCUT2D eigenvalue weighted by molar-refractivity contribution is -0.387. The summed E-state index contributed by atoms with van der Waals surface area (Å²) in [4.78, 5) is 21.1. The van der Waals surface area contributed by atoms with Gasteiger partial charge in [0.2, 0.25) is 0 Å². The second-order valence-electron chi connectivity index (χ2n) is 4.88. The second kappa shape index (κ2) is 6.67. The van der Waals surface area contributed by atoms with E-state index >= 15 is 0 Å². The molecule has 2 aromatic rings. The number of nitro benzene ring substituents is 1. The highest BCUT2D eigenvalue weighted by atomic mass is 32.2. The molecule has 8 nitrogen and oxygen atoms in total. The quantitative estimate of drug-likeness (QED) is 0.630. The Morgan fingerprint density at radius 1 is 1.12 bits per heavy atom. The van der Waals surface area contributed by atoms with Gasteiger partial charge in [-0.25, -0.2) is 13.2 Å². The monoisotopic (exact) mass is 350 g/mol. The average Bonchev–Trinajstić information content (AvgIpc) is 2.55. The van der Waals surface area contributed by atoms with E-state index in [1.807, 2.05) is 0 Å². The van der Waals surface area contributed by atoms with Crippen molar-refractivity contribution in [1.82, 2.24) is 0 Å². The minimum atomic E-state index is -4.46. The topological polar surface area (TPSA) is 118 Å². The maximum Gasteiger partial charge on any atom is 0.327 e. The molecule has 24 heavy (non-hydrogen) atoms. The van der Waals surface area contributed by atoms with Crippen LogP contribution in [0.5, 0.6) is 0 Å². The van der Waals surface area contributed by atoms with E-state index in [0.717, 1.165) is 12.1 Å². The predicted molar refractivity (Wildman–Crippen MR) is 86.3 cm³/mol. The van der Waals surface area contributed by atoms with Gasteiger partial charge in [0.1, 0.15) is 6.04 Å². The standard InChI is InChI=1S/C15H14N2O6S/c1-11(15(18)19)16(12-7-3-2-4-8-12)24(22,23)14-10-6-5-9-13(14)17(20)21/h2-11H,1H3,(H,18,19). The molecule has 0 radical (unpaired) electrons. The van der Waals surface area contributed by atoms with Crippen molar-refractivity contribution in [3.63, 3.8) is 0 Å². The molecule has 2 rings (SSSR count). The first-order valence-corrected chi connectivity index (χ1v) is 8.26. The van der Waals surface area contributed by atoms with Gasteiger partial charge >= 0.3 is 5.97 Å². The number of para-hydroxylation sites is 2. The highest BCUT2D eigenvalue weighted by Gasteiger charge is 2.37. The van der Waals surface area contributed by atoms with Gasteiger partial charge in [-0.1, -0.05) is 30.3 Å². The fraction of sp³-hybridized carbons (Fsp3) is 0.133. The number of anilines is 1. The highest BCUT2D eigenvalue weighted by molar-refractivity contribution is 7.93. The molecule has 9 heteroatoms. The Bertz CT molecular complexity index is 867. The molecular weight excluding hydrogens is 336 g/mol. The molecule has 2 aromatic carbocycles. The molecular formula is C15H14N2O6S. The molecule has 0 fully saturated rings. The third-order valence-corrected chi connectivity index (χ3v) is 5.26. The van der Waals surface area contributed by atoms with E-state index in [2.05, 4.69) is 0 Å². The van der Waals surface area contributed by atoms with Crippen molar-refractivity contribution < 1.29 is 23.2 Å². The fourth-order valence-corrected chi connectivity index (χ4v) is 3.95. The van der Waals surface area contributed by atoms with Gasteiger partial charge in [0.05, 0.1) is 10.6 Å². The molecule has 0 amide bonds. The van der Waals surface area contributed by atoms with Crippen LogP contribution < -0.4 is 4.31 Å². The van der Waals surface area contributed by atoms with Crippen LogP contribution in [0.1, 0.15) is 6.92 Å². The summed E-state index contributed by atoms with van der Waals surface area (Å²) in [6, 6.07) is 11.0. The van der Waals surface area contributed by atoms with Gasteiger partial charge in [0.15, 0.2) is 4.90 Å². The van der Waals surface area contributed by atoms with E-state index in [-0.39, 0.29) is 5.69 Å². The Hall–Kier alpha value is -2.94. The molecule has 1 unspecified atom stereocenters. The first-order chi connectivity index (χ1) is 11.3. The Balaban J connectivity index is 2.70. The summed E-state index contributed by atoms with van der Waals surface area (Å²) in [6.07, 6.45) is 0. The number of aliphatic carboxylic acids is 1. The number of sulfonamides is 1. The summed E-state index contributed by atoms with van der Waals surface area (Å²) in [7, 11) is -4.46. The largest absolute Gasteiger partial charge is 0.480 e. The van der Waals surface area contributed by atoms with Crippen molar-refractivity contribution in [2.24, 2.45) is 0 Å². The maximum absolute atomic E-state index is 13.0. The van der Waals surface area contributed by atoms with Crippen LogP contribution in [0.25, 0.3) is 0 Å². The average molecular weight is 350 g/mol. The van der Waals surface area contributed by atoms with Crippen LogP contribution in [-0.2, 0) is 14.8 Å². The van der Waals surface area contributed by atoms with Gasteiger partial charge in [-0.05, 0) is 25.1 Å². The van der Waals surface area contributed by atoms with Gasteiger partial charge in [-0.3, -0.25) is 14.4 Å². The zero-order valence-corrected chi connectivity index (χ0v) is 13.4. The first-order valence-electron chi connectivity index (χ1n) is 6.82. The summed E-state index contributed by atoms with van der Waals surface area (Å²) in [5, 5.41) is 20.4. The van der Waals surface area contributed by atoms with Crippen LogP contribution in [0.15, 0.2) is 59.5 Å². The molecule has 1 atom stereocenters. The van der Waals surface area contributed by atoms with Crippen molar-refractivity contribution in [2.75, 3.05) is 4.31 Å². The predicted octanol–water partition coefficient (Wildman–Crippen LogP) is 2.26. The molecule has 0 aromatic heterocycles. The molecule has 0 spiro atoms. The third-order valence-electron chi connectivity index (χ3n) is 3.32. The minimum absolute atomic E-state index is 0.102. The van der Waals surface area contributed by atoms with Gasteiger partial charge in [-0.15, -0.1) is 0 Å². The number of rotatable bonds is 6. The SMILES string of the molecule is CC(C(=O)O)N(c1ccccc1)S(=O)(=O)c1ccccc1[N+](=O)[O-]. The van der Waals surface area contributed by atoms with Crippen LogP contribution in [0, 0.1) is 10.1 Å². The number of nitrogens with zero attached hydrogens (tertiary/aromatic N) is 2. The number of carboxylic acids is 1. The van der Waals surface area contributed by atoms with Crippen LogP contribution in [-0.4, -0.2) is 30.5 Å². The fourth-order valence-electron chi connectivity index (χ4n) is 2.18. The number of hydrogen-bond acceptors (Lipinski definition) is 5. The van der Waals surface area contributed by atoms with Crippen molar-refractivity contribution >= 4 is 27.4 Å². The molecule has 0 aliphatic rings. The van der Waals surface area contributed by atoms with E-state index in [1.165, 1.54) is 31.2 Å². The Kier molecular flexibility index (Phi) is 4.84. The van der Waals surface area contributed by atoms with Gasteiger partial charge in [0, 0.05) is 6.07 Å². The minimum Gasteiger partial charge on any atom is -0.480 e. The van der Waals surface area contributed by atoms with Crippen molar-refractivity contribution in [2.45, 2.75) is 17.9 Å². The van der Waals surface area contributed by atoms with Crippen LogP contribution in [0.2, 0.25) is 0 Å². The van der Waals surface area contributed by atoms with E-state index in [0.29, 0.717) is 4.31 Å². The normalized spacial score (nSPS) is 12.4. The van der Waals surface area contributed by atoms with E-state index < -0.39 is 37.5 Å². The molecule has 0 aliphatic carbocycles. The number of benzene rings is 2. The molecule has 0 heterocycles. The zero-order chi connectivity index (χ0) is 17.9. The maximum atomic E-state index is 13.0. The lowest BCUT2D eigenvalue weighted by atomic mass is 10.2. The number of nitro groups is 1. The third kappa shape index (κ3) is 3.20. The Morgan fingerprint density at radius 2 is 1.67 bits per heavy atom. The van der Waals surface area contributed by atoms with Crippen LogP contribution in [0.4, 0.5) is 11.4 Å². The van der Waals surface area contributed by atoms with Crippen LogP contribution in [0.3, 0.4) is 0 Å². The van der Waals surface area contributed by atoms with Crippen molar-refractivity contribution in [3.8, 4) is 0 Å². The van der Waals surface area contributed by atoms with Crippen molar-refractivity contribution in [3.05, 3.63) is 64.7 Å². The number of carbonyl (C=O) groups is 1. The second-order valence-corrected chi connectivity index (χ2v) is 6.66. The highest BCUT2D eigenvalue weighted by Crippen LogP contribution is 2.31. The van der Waals surface area contributed by atoms with Crippen LogP contribution >= 0.6 is 0 Å². The molecule has 1 N–H and O–H groups in total. The van der Waals surface area contributed by atoms with E-state index in [4.69, 9.17) is 0 Å². The summed E-state index contributed by atoms with van der Waals surface area (Å²) < 4.78 is 26.6. The summed E-state index contributed by atoms with van der Waals surface area (Å²) in [5.41, 5.74) is -0.512. The lowest BCUT2D eigenvalue weighted by Crippen LogP contribution is -2.43. The summed E-state index contributed by atoms with van der Waals surface area (Å²) in [5.74, 6) is -1.37. The molecule has 0 saturated carbocycles. The number of hydrogen-bond donors (Lipinski definition) is 1. The van der Waals surface area contributed by atoms with E-state index in [9.17, 15) is 28.4 Å². The van der Waals surface area contributed by atoms with Crippen molar-refractivity contribution in [1.29, 1.82) is 0 Å². The van der Waals surface area contributed by atoms with Gasteiger partial charge in [-0.2, -0.15) is 0 Å². The first kappa shape index (κ1) is 17.4. The Morgan fingerprint density at radius 3 is 2.21 bits per heavy atom. The number of carboxylic acid groups (broad SMARTS) is 1. The zero-order valence-electron chi connectivity index (χ0n) is 12.6. The Labute approximate surface area is 138 Å². The molecule has 0 saturated heterocycles. The smallest absolute Gasteiger partial charge is 0.327 e. The summed E-state index contributed by atoms with van der Waals surface area (Å²) >= 11 is 0. The lowest BCUT2D eigenvalue weighted by Gasteiger charge is -2.27.